The van der Waals surface area contributed by atoms with Gasteiger partial charge in [0.05, 0.1) is 7.11 Å². The van der Waals surface area contributed by atoms with E-state index in [1.165, 1.54) is 7.11 Å². The number of methoxy groups -OCH3 is 1. The Labute approximate surface area is 101 Å². The van der Waals surface area contributed by atoms with Gasteiger partial charge in [-0.2, -0.15) is 0 Å². The third-order valence-corrected chi connectivity index (χ3v) is 3.23. The van der Waals surface area contributed by atoms with Crippen LogP contribution in [0.4, 0.5) is 0 Å². The molecule has 1 aromatic carbocycles. The summed E-state index contributed by atoms with van der Waals surface area (Å²) in [6, 6.07) is 5.94. The fourth-order valence-electron chi connectivity index (χ4n) is 2.35. The molecule has 0 fully saturated rings. The van der Waals surface area contributed by atoms with Crippen molar-refractivity contribution in [3.8, 4) is 0 Å². The second-order valence-corrected chi connectivity index (χ2v) is 4.64. The Morgan fingerprint density at radius 2 is 2.18 bits per heavy atom. The lowest BCUT2D eigenvalue weighted by molar-refractivity contribution is -0.141. The molecule has 0 aliphatic heterocycles. The summed E-state index contributed by atoms with van der Waals surface area (Å²) < 4.78 is 4.65. The van der Waals surface area contributed by atoms with E-state index in [1.807, 2.05) is 25.1 Å². The topological polar surface area (TPSA) is 43.4 Å². The van der Waals surface area contributed by atoms with E-state index in [1.54, 1.807) is 0 Å². The Balaban J connectivity index is 2.19. The summed E-state index contributed by atoms with van der Waals surface area (Å²) in [7, 11) is 1.38. The zero-order valence-corrected chi connectivity index (χ0v) is 10.2. The van der Waals surface area contributed by atoms with Crippen molar-refractivity contribution in [1.29, 1.82) is 0 Å². The minimum absolute atomic E-state index is 0.0881. The van der Waals surface area contributed by atoms with Crippen molar-refractivity contribution in [3.05, 3.63) is 34.9 Å². The highest BCUT2D eigenvalue weighted by atomic mass is 16.5. The average Bonchev–Trinajstić information content (AvgIpc) is 2.30. The molecule has 1 aliphatic carbocycles. The normalized spacial score (nSPS) is 18.7. The van der Waals surface area contributed by atoms with Crippen LogP contribution in [0.3, 0.4) is 0 Å². The first-order valence-electron chi connectivity index (χ1n) is 5.79. The van der Waals surface area contributed by atoms with Crippen LogP contribution in [0.1, 0.15) is 34.3 Å². The Bertz CT molecular complexity index is 463. The van der Waals surface area contributed by atoms with Crippen LogP contribution in [-0.4, -0.2) is 18.9 Å². The van der Waals surface area contributed by atoms with E-state index in [9.17, 15) is 9.59 Å². The monoisotopic (exact) mass is 232 g/mol. The zero-order valence-electron chi connectivity index (χ0n) is 10.2. The summed E-state index contributed by atoms with van der Waals surface area (Å²) in [5.74, 6) is -0.00706. The molecule has 0 saturated carbocycles. The largest absolute Gasteiger partial charge is 0.469 e. The van der Waals surface area contributed by atoms with Crippen LogP contribution in [-0.2, 0) is 16.0 Å². The standard InChI is InChI=1S/C14H16O3/c1-9-3-4-11-6-10(8-14(16)17-2)7-13(15)12(11)5-9/h3-5,10H,6-8H2,1-2H3. The van der Waals surface area contributed by atoms with Gasteiger partial charge in [-0.05, 0) is 30.9 Å². The van der Waals surface area contributed by atoms with Gasteiger partial charge in [-0.1, -0.05) is 17.7 Å². The van der Waals surface area contributed by atoms with Crippen molar-refractivity contribution < 1.29 is 14.3 Å². The SMILES string of the molecule is COC(=O)CC1CC(=O)c2cc(C)ccc2C1. The number of aryl methyl sites for hydroxylation is 1. The molecule has 0 aromatic heterocycles. The van der Waals surface area contributed by atoms with E-state index >= 15 is 0 Å². The molecule has 0 amide bonds. The molecule has 1 atom stereocenters. The molecule has 3 heteroatoms. The molecule has 1 aromatic rings. The highest BCUT2D eigenvalue weighted by Gasteiger charge is 2.26. The molecule has 2 rings (SSSR count). The van der Waals surface area contributed by atoms with E-state index in [0.717, 1.165) is 23.1 Å². The molecule has 0 bridgehead atoms. The van der Waals surface area contributed by atoms with Gasteiger partial charge in [-0.25, -0.2) is 0 Å². The van der Waals surface area contributed by atoms with Gasteiger partial charge in [0, 0.05) is 18.4 Å². The highest BCUT2D eigenvalue weighted by molar-refractivity contribution is 5.99. The summed E-state index contributed by atoms with van der Waals surface area (Å²) >= 11 is 0. The Morgan fingerprint density at radius 3 is 2.88 bits per heavy atom. The van der Waals surface area contributed by atoms with Crippen LogP contribution in [0.25, 0.3) is 0 Å². The number of benzene rings is 1. The maximum atomic E-state index is 12.0. The lowest BCUT2D eigenvalue weighted by atomic mass is 9.81. The first kappa shape index (κ1) is 11.8. The molecule has 0 radical (unpaired) electrons. The summed E-state index contributed by atoms with van der Waals surface area (Å²) in [6.45, 7) is 1.98. The highest BCUT2D eigenvalue weighted by Crippen LogP contribution is 2.28. The number of esters is 1. The van der Waals surface area contributed by atoms with Gasteiger partial charge in [0.1, 0.15) is 0 Å². The van der Waals surface area contributed by atoms with Crippen molar-refractivity contribution in [3.63, 3.8) is 0 Å². The summed E-state index contributed by atoms with van der Waals surface area (Å²) in [6.07, 6.45) is 1.57. The maximum Gasteiger partial charge on any atom is 0.305 e. The first-order valence-corrected chi connectivity index (χ1v) is 5.79. The molecule has 0 saturated heterocycles. The average molecular weight is 232 g/mol. The van der Waals surface area contributed by atoms with Gasteiger partial charge in [-0.3, -0.25) is 9.59 Å². The number of hydrogen-bond donors (Lipinski definition) is 0. The number of fused-ring (bicyclic) bond motifs is 1. The maximum absolute atomic E-state index is 12.0. The van der Waals surface area contributed by atoms with E-state index in [4.69, 9.17) is 0 Å². The molecule has 1 unspecified atom stereocenters. The molecule has 0 heterocycles. The van der Waals surface area contributed by atoms with Crippen LogP contribution in [0, 0.1) is 12.8 Å². The van der Waals surface area contributed by atoms with E-state index in [-0.39, 0.29) is 17.7 Å². The molecular weight excluding hydrogens is 216 g/mol. The van der Waals surface area contributed by atoms with E-state index < -0.39 is 0 Å². The Hall–Kier alpha value is -1.64. The Kier molecular flexibility index (Phi) is 3.27. The third-order valence-electron chi connectivity index (χ3n) is 3.23. The van der Waals surface area contributed by atoms with Crippen LogP contribution in [0.15, 0.2) is 18.2 Å². The van der Waals surface area contributed by atoms with Crippen LogP contribution in [0.2, 0.25) is 0 Å². The first-order chi connectivity index (χ1) is 8.10. The summed E-state index contributed by atoms with van der Waals surface area (Å²) in [5.41, 5.74) is 2.98. The molecule has 0 N–H and O–H groups in total. The number of ketones is 1. The molecule has 17 heavy (non-hydrogen) atoms. The zero-order chi connectivity index (χ0) is 12.4. The second-order valence-electron chi connectivity index (χ2n) is 4.64. The van der Waals surface area contributed by atoms with Gasteiger partial charge < -0.3 is 4.74 Å². The molecule has 90 valence electrons. The Morgan fingerprint density at radius 1 is 1.41 bits per heavy atom. The van der Waals surface area contributed by atoms with Gasteiger partial charge in [0.25, 0.3) is 0 Å². The predicted octanol–water partition coefficient (Wildman–Crippen LogP) is 2.30. The number of Topliss-reactive ketones (excluding diaryl/α,β-unsaturated/α-hetero) is 1. The lowest BCUT2D eigenvalue weighted by Gasteiger charge is -2.23. The number of carbonyl (C=O) groups excluding carboxylic acids is 2. The summed E-state index contributed by atoms with van der Waals surface area (Å²) in [4.78, 5) is 23.2. The van der Waals surface area contributed by atoms with E-state index in [0.29, 0.717) is 12.8 Å². The van der Waals surface area contributed by atoms with Crippen LogP contribution < -0.4 is 0 Å². The van der Waals surface area contributed by atoms with Crippen LogP contribution in [0.5, 0.6) is 0 Å². The molecule has 0 spiro atoms. The fraction of sp³-hybridized carbons (Fsp3) is 0.429. The fourth-order valence-corrected chi connectivity index (χ4v) is 2.35. The lowest BCUT2D eigenvalue weighted by Crippen LogP contribution is -2.23. The number of hydrogen-bond acceptors (Lipinski definition) is 3. The van der Waals surface area contributed by atoms with Gasteiger partial charge in [0.15, 0.2) is 5.78 Å². The minimum atomic E-state index is -0.238. The second kappa shape index (κ2) is 4.70. The van der Waals surface area contributed by atoms with E-state index in [2.05, 4.69) is 4.74 Å². The smallest absolute Gasteiger partial charge is 0.305 e. The van der Waals surface area contributed by atoms with Crippen molar-refractivity contribution in [2.45, 2.75) is 26.2 Å². The molecule has 1 aliphatic rings. The summed E-state index contributed by atoms with van der Waals surface area (Å²) in [5, 5.41) is 0. The van der Waals surface area contributed by atoms with Crippen LogP contribution >= 0.6 is 0 Å². The minimum Gasteiger partial charge on any atom is -0.469 e. The van der Waals surface area contributed by atoms with Crippen molar-refractivity contribution in [2.75, 3.05) is 7.11 Å². The van der Waals surface area contributed by atoms with Gasteiger partial charge in [-0.15, -0.1) is 0 Å². The molecule has 3 nitrogen and oxygen atoms in total. The predicted molar refractivity (Wildman–Crippen MR) is 64.0 cm³/mol. The van der Waals surface area contributed by atoms with Crippen molar-refractivity contribution in [1.82, 2.24) is 0 Å². The van der Waals surface area contributed by atoms with Crippen molar-refractivity contribution in [2.24, 2.45) is 5.92 Å². The number of ether oxygens (including phenoxy) is 1. The third kappa shape index (κ3) is 2.54. The molecular formula is C14H16O3. The number of carbonyl (C=O) groups is 2. The van der Waals surface area contributed by atoms with Crippen molar-refractivity contribution >= 4 is 11.8 Å². The van der Waals surface area contributed by atoms with Gasteiger partial charge in [0.2, 0.25) is 0 Å². The quantitative estimate of drug-likeness (QED) is 0.735. The van der Waals surface area contributed by atoms with Gasteiger partial charge >= 0.3 is 5.97 Å². The number of rotatable bonds is 2.